The molecule has 0 radical (unpaired) electrons. The largest absolute Gasteiger partial charge is 0.382 e. The average Bonchev–Trinajstić information content (AvgIpc) is 2.92. The summed E-state index contributed by atoms with van der Waals surface area (Å²) in [6.07, 6.45) is 2.67. The van der Waals surface area contributed by atoms with Gasteiger partial charge in [-0.1, -0.05) is 24.6 Å². The van der Waals surface area contributed by atoms with Crippen LogP contribution in [0.25, 0.3) is 0 Å². The van der Waals surface area contributed by atoms with E-state index in [1.54, 1.807) is 0 Å². The molecule has 2 heteroatoms. The van der Waals surface area contributed by atoms with E-state index in [1.807, 2.05) is 13.0 Å². The van der Waals surface area contributed by atoms with Crippen molar-refractivity contribution in [2.24, 2.45) is 5.41 Å². The first-order chi connectivity index (χ1) is 7.01. The van der Waals surface area contributed by atoms with Gasteiger partial charge in [0.25, 0.3) is 0 Å². The van der Waals surface area contributed by atoms with E-state index in [-0.39, 0.29) is 0 Å². The molecule has 0 spiro atoms. The third-order valence-corrected chi connectivity index (χ3v) is 4.05. The summed E-state index contributed by atoms with van der Waals surface area (Å²) in [4.78, 5) is 0. The van der Waals surface area contributed by atoms with E-state index in [1.165, 1.54) is 12.8 Å². The molecular formula is C13H18ClN. The van der Waals surface area contributed by atoms with Gasteiger partial charge in [0.1, 0.15) is 0 Å². The molecule has 0 bridgehead atoms. The van der Waals surface area contributed by atoms with E-state index in [4.69, 9.17) is 11.6 Å². The molecule has 0 aromatic heterocycles. The van der Waals surface area contributed by atoms with E-state index in [9.17, 15) is 0 Å². The molecule has 0 aliphatic heterocycles. The summed E-state index contributed by atoms with van der Waals surface area (Å²) < 4.78 is 0. The zero-order valence-electron chi connectivity index (χ0n) is 9.60. The first-order valence-corrected chi connectivity index (χ1v) is 5.92. The maximum absolute atomic E-state index is 6.09. The van der Waals surface area contributed by atoms with Crippen LogP contribution in [0.4, 0.5) is 5.69 Å². The standard InChI is InChI=1S/C13H18ClN/c1-9-4-5-11(8-12(9)14)15-10(2)13(3)6-7-13/h4-5,8,10,15H,6-7H2,1-3H3. The normalized spacial score (nSPS) is 19.7. The summed E-state index contributed by atoms with van der Waals surface area (Å²) in [5.41, 5.74) is 2.76. The van der Waals surface area contributed by atoms with Crippen molar-refractivity contribution < 1.29 is 0 Å². The van der Waals surface area contributed by atoms with E-state index in [0.717, 1.165) is 16.3 Å². The Labute approximate surface area is 96.8 Å². The molecule has 1 atom stereocenters. The van der Waals surface area contributed by atoms with Crippen LogP contribution in [-0.2, 0) is 0 Å². The fraction of sp³-hybridized carbons (Fsp3) is 0.538. The first-order valence-electron chi connectivity index (χ1n) is 5.54. The molecular weight excluding hydrogens is 206 g/mol. The number of hydrogen-bond donors (Lipinski definition) is 1. The molecule has 1 nitrogen and oxygen atoms in total. The predicted octanol–water partition coefficient (Wildman–Crippen LogP) is 4.25. The predicted molar refractivity (Wildman–Crippen MR) is 66.6 cm³/mol. The van der Waals surface area contributed by atoms with Crippen molar-refractivity contribution in [1.82, 2.24) is 0 Å². The molecule has 82 valence electrons. The smallest absolute Gasteiger partial charge is 0.0455 e. The second kappa shape index (κ2) is 3.71. The Bertz CT molecular complexity index is 369. The lowest BCUT2D eigenvalue weighted by Crippen LogP contribution is -2.24. The van der Waals surface area contributed by atoms with Gasteiger partial charge in [0, 0.05) is 16.8 Å². The lowest BCUT2D eigenvalue weighted by molar-refractivity contribution is 0.493. The highest BCUT2D eigenvalue weighted by Gasteiger charge is 2.42. The minimum absolute atomic E-state index is 0.497. The third kappa shape index (κ3) is 2.28. The summed E-state index contributed by atoms with van der Waals surface area (Å²) >= 11 is 6.09. The zero-order chi connectivity index (χ0) is 11.1. The van der Waals surface area contributed by atoms with Crippen molar-refractivity contribution in [3.63, 3.8) is 0 Å². The van der Waals surface area contributed by atoms with Gasteiger partial charge in [-0.05, 0) is 49.8 Å². The molecule has 1 aliphatic carbocycles. The molecule has 1 fully saturated rings. The average molecular weight is 224 g/mol. The quantitative estimate of drug-likeness (QED) is 0.808. The second-order valence-corrected chi connectivity index (χ2v) is 5.39. The number of aryl methyl sites for hydroxylation is 1. The highest BCUT2D eigenvalue weighted by molar-refractivity contribution is 6.31. The first kappa shape index (κ1) is 10.8. The van der Waals surface area contributed by atoms with Gasteiger partial charge in [0.15, 0.2) is 0 Å². The van der Waals surface area contributed by atoms with Gasteiger partial charge in [-0.3, -0.25) is 0 Å². The van der Waals surface area contributed by atoms with Crippen LogP contribution in [-0.4, -0.2) is 6.04 Å². The Hall–Kier alpha value is -0.690. The van der Waals surface area contributed by atoms with Crippen LogP contribution in [0.3, 0.4) is 0 Å². The van der Waals surface area contributed by atoms with Crippen molar-refractivity contribution in [3.05, 3.63) is 28.8 Å². The molecule has 0 saturated heterocycles. The van der Waals surface area contributed by atoms with Crippen molar-refractivity contribution in [1.29, 1.82) is 0 Å². The van der Waals surface area contributed by atoms with Crippen LogP contribution < -0.4 is 5.32 Å². The number of rotatable bonds is 3. The number of hydrogen-bond acceptors (Lipinski definition) is 1. The molecule has 15 heavy (non-hydrogen) atoms. The highest BCUT2D eigenvalue weighted by Crippen LogP contribution is 2.48. The zero-order valence-corrected chi connectivity index (χ0v) is 10.4. The van der Waals surface area contributed by atoms with Gasteiger partial charge >= 0.3 is 0 Å². The summed E-state index contributed by atoms with van der Waals surface area (Å²) in [7, 11) is 0. The van der Waals surface area contributed by atoms with Gasteiger partial charge in [0.05, 0.1) is 0 Å². The van der Waals surface area contributed by atoms with Gasteiger partial charge in [0.2, 0.25) is 0 Å². The van der Waals surface area contributed by atoms with Crippen LogP contribution >= 0.6 is 11.6 Å². The lowest BCUT2D eigenvalue weighted by Gasteiger charge is -2.21. The molecule has 1 N–H and O–H groups in total. The van der Waals surface area contributed by atoms with Crippen molar-refractivity contribution in [2.45, 2.75) is 39.7 Å². The van der Waals surface area contributed by atoms with Crippen LogP contribution in [0.15, 0.2) is 18.2 Å². The highest BCUT2D eigenvalue weighted by atomic mass is 35.5. The Morgan fingerprint density at radius 3 is 2.60 bits per heavy atom. The monoisotopic (exact) mass is 223 g/mol. The molecule has 1 saturated carbocycles. The number of halogens is 1. The van der Waals surface area contributed by atoms with Gasteiger partial charge in [-0.15, -0.1) is 0 Å². The van der Waals surface area contributed by atoms with Crippen LogP contribution in [0, 0.1) is 12.3 Å². The number of benzene rings is 1. The Morgan fingerprint density at radius 2 is 2.07 bits per heavy atom. The van der Waals surface area contributed by atoms with E-state index in [2.05, 4.69) is 31.3 Å². The van der Waals surface area contributed by atoms with Crippen molar-refractivity contribution in [2.75, 3.05) is 5.32 Å². The number of anilines is 1. The third-order valence-electron chi connectivity index (χ3n) is 3.64. The molecule has 1 aliphatic rings. The fourth-order valence-electron chi connectivity index (χ4n) is 1.74. The maximum atomic E-state index is 6.09. The Morgan fingerprint density at radius 1 is 1.40 bits per heavy atom. The summed E-state index contributed by atoms with van der Waals surface area (Å²) in [6, 6.07) is 6.70. The van der Waals surface area contributed by atoms with Crippen molar-refractivity contribution >= 4 is 17.3 Å². The topological polar surface area (TPSA) is 12.0 Å². The molecule has 1 aromatic rings. The van der Waals surface area contributed by atoms with E-state index < -0.39 is 0 Å². The fourth-order valence-corrected chi connectivity index (χ4v) is 1.92. The number of nitrogens with one attached hydrogen (secondary N) is 1. The Balaban J connectivity index is 2.07. The van der Waals surface area contributed by atoms with Crippen molar-refractivity contribution in [3.8, 4) is 0 Å². The molecule has 0 heterocycles. The summed E-state index contributed by atoms with van der Waals surface area (Å²) in [5.74, 6) is 0. The van der Waals surface area contributed by atoms with E-state index in [0.29, 0.717) is 11.5 Å². The van der Waals surface area contributed by atoms with Gasteiger partial charge in [-0.2, -0.15) is 0 Å². The SMILES string of the molecule is Cc1ccc(NC(C)C2(C)CC2)cc1Cl. The van der Waals surface area contributed by atoms with Crippen LogP contribution in [0.2, 0.25) is 5.02 Å². The maximum Gasteiger partial charge on any atom is 0.0455 e. The van der Waals surface area contributed by atoms with E-state index >= 15 is 0 Å². The Kier molecular flexibility index (Phi) is 2.68. The second-order valence-electron chi connectivity index (χ2n) is 4.98. The van der Waals surface area contributed by atoms with Gasteiger partial charge in [-0.25, -0.2) is 0 Å². The van der Waals surface area contributed by atoms with Crippen LogP contribution in [0.1, 0.15) is 32.3 Å². The molecule has 0 amide bonds. The minimum atomic E-state index is 0.497. The molecule has 1 aromatic carbocycles. The lowest BCUT2D eigenvalue weighted by atomic mass is 10.0. The van der Waals surface area contributed by atoms with Crippen LogP contribution in [0.5, 0.6) is 0 Å². The summed E-state index contributed by atoms with van der Waals surface area (Å²) in [6.45, 7) is 6.61. The minimum Gasteiger partial charge on any atom is -0.382 e. The van der Waals surface area contributed by atoms with Gasteiger partial charge < -0.3 is 5.32 Å². The molecule has 2 rings (SSSR count). The summed E-state index contributed by atoms with van der Waals surface area (Å²) in [5, 5.41) is 4.37. The molecule has 1 unspecified atom stereocenters.